The summed E-state index contributed by atoms with van der Waals surface area (Å²) in [7, 11) is 0. The standard InChI is InChI=1S/C41H56O4/c1-8-32-16-18-33(19-17-32)13-11-15-36(42)22-25-41(39(45)31(4)26-35-14-10-9-12-29(35)2)23-20-34(21-24-41)37(43)27-30(3)38(44)28-40(5,6)7/h9-10,12,14,16-19,30,34H,4,8,11,13,15,20-28H2,1-3,5-7H3. The molecule has 1 aliphatic rings. The van der Waals surface area contributed by atoms with E-state index in [1.54, 1.807) is 0 Å². The van der Waals surface area contributed by atoms with Gasteiger partial charge in [-0.05, 0) is 91.5 Å². The summed E-state index contributed by atoms with van der Waals surface area (Å²) in [4.78, 5) is 53.2. The lowest BCUT2D eigenvalue weighted by Crippen LogP contribution is -2.39. The maximum absolute atomic E-state index is 14.1. The topological polar surface area (TPSA) is 68.3 Å². The van der Waals surface area contributed by atoms with Crippen LogP contribution in [0.1, 0.15) is 121 Å². The molecule has 0 saturated heterocycles. The summed E-state index contributed by atoms with van der Waals surface area (Å²) in [6.45, 7) is 16.4. The van der Waals surface area contributed by atoms with Crippen molar-refractivity contribution in [2.45, 2.75) is 125 Å². The van der Waals surface area contributed by atoms with E-state index >= 15 is 0 Å². The fourth-order valence-electron chi connectivity index (χ4n) is 6.79. The largest absolute Gasteiger partial charge is 0.300 e. The smallest absolute Gasteiger partial charge is 0.164 e. The van der Waals surface area contributed by atoms with E-state index in [1.807, 2.05) is 58.9 Å². The van der Waals surface area contributed by atoms with Crippen LogP contribution in [0.3, 0.4) is 0 Å². The first kappa shape index (κ1) is 36.3. The molecule has 0 heterocycles. The van der Waals surface area contributed by atoms with Crippen LogP contribution in [0.2, 0.25) is 0 Å². The Hall–Kier alpha value is -3.14. The van der Waals surface area contributed by atoms with Crippen LogP contribution >= 0.6 is 0 Å². The second kappa shape index (κ2) is 16.4. The Balaban J connectivity index is 1.64. The minimum absolute atomic E-state index is 0.0502. The minimum Gasteiger partial charge on any atom is -0.300 e. The second-order valence-electron chi connectivity index (χ2n) is 14.9. The molecule has 244 valence electrons. The van der Waals surface area contributed by atoms with Crippen LogP contribution in [0.5, 0.6) is 0 Å². The number of benzene rings is 2. The lowest BCUT2D eigenvalue weighted by atomic mass is 9.63. The van der Waals surface area contributed by atoms with Crippen molar-refractivity contribution in [1.82, 2.24) is 0 Å². The van der Waals surface area contributed by atoms with Crippen LogP contribution < -0.4 is 0 Å². The highest BCUT2D eigenvalue weighted by molar-refractivity contribution is 6.00. The zero-order chi connectivity index (χ0) is 33.2. The Morgan fingerprint density at radius 3 is 2.16 bits per heavy atom. The normalized spacial score (nSPS) is 19.1. The number of aryl methyl sites for hydroxylation is 3. The first-order valence-electron chi connectivity index (χ1n) is 17.1. The fourth-order valence-corrected chi connectivity index (χ4v) is 6.79. The summed E-state index contributed by atoms with van der Waals surface area (Å²) in [5.74, 6) is 0.0830. The van der Waals surface area contributed by atoms with E-state index in [-0.39, 0.29) is 46.8 Å². The van der Waals surface area contributed by atoms with Gasteiger partial charge in [0.2, 0.25) is 0 Å². The monoisotopic (exact) mass is 612 g/mol. The summed E-state index contributed by atoms with van der Waals surface area (Å²) >= 11 is 0. The number of Topliss-reactive ketones (excluding diaryl/α,β-unsaturated/α-hetero) is 4. The van der Waals surface area contributed by atoms with Crippen LogP contribution in [0.15, 0.2) is 60.7 Å². The summed E-state index contributed by atoms with van der Waals surface area (Å²) in [6, 6.07) is 16.7. The SMILES string of the molecule is C=C(Cc1ccccc1C)C(=O)C1(CCC(=O)CCCc2ccc(CC)cc2)CCC(C(=O)CC(C)C(=O)CC(C)(C)C)CC1. The third-order valence-corrected chi connectivity index (χ3v) is 9.86. The summed E-state index contributed by atoms with van der Waals surface area (Å²) in [6.07, 6.45) is 7.68. The Morgan fingerprint density at radius 1 is 0.933 bits per heavy atom. The number of hydrogen-bond donors (Lipinski definition) is 0. The molecule has 2 aromatic rings. The van der Waals surface area contributed by atoms with Gasteiger partial charge in [0.15, 0.2) is 5.78 Å². The quantitative estimate of drug-likeness (QED) is 0.167. The number of allylic oxidation sites excluding steroid dienone is 1. The highest BCUT2D eigenvalue weighted by Gasteiger charge is 2.43. The van der Waals surface area contributed by atoms with Gasteiger partial charge in [-0.15, -0.1) is 0 Å². The van der Waals surface area contributed by atoms with Gasteiger partial charge in [0.25, 0.3) is 0 Å². The molecule has 0 radical (unpaired) electrons. The molecule has 4 nitrogen and oxygen atoms in total. The van der Waals surface area contributed by atoms with Gasteiger partial charge in [-0.3, -0.25) is 19.2 Å². The van der Waals surface area contributed by atoms with E-state index in [4.69, 9.17) is 0 Å². The fraction of sp³-hybridized carbons (Fsp3) is 0.561. The zero-order valence-corrected chi connectivity index (χ0v) is 28.8. The van der Waals surface area contributed by atoms with E-state index in [2.05, 4.69) is 37.8 Å². The molecule has 0 bridgehead atoms. The molecular weight excluding hydrogens is 556 g/mol. The van der Waals surface area contributed by atoms with Crippen molar-refractivity contribution in [2.24, 2.45) is 22.7 Å². The van der Waals surface area contributed by atoms with Crippen molar-refractivity contribution < 1.29 is 19.2 Å². The highest BCUT2D eigenvalue weighted by atomic mass is 16.1. The zero-order valence-electron chi connectivity index (χ0n) is 28.8. The molecule has 4 heteroatoms. The highest BCUT2D eigenvalue weighted by Crippen LogP contribution is 2.46. The number of carbonyl (C=O) groups excluding carboxylic acids is 4. The molecule has 0 N–H and O–H groups in total. The van der Waals surface area contributed by atoms with E-state index in [0.29, 0.717) is 63.4 Å². The molecule has 0 aliphatic heterocycles. The molecule has 1 atom stereocenters. The Labute approximate surface area is 272 Å². The number of hydrogen-bond acceptors (Lipinski definition) is 4. The maximum atomic E-state index is 14.1. The average molecular weight is 613 g/mol. The van der Waals surface area contributed by atoms with Crippen LogP contribution in [-0.2, 0) is 38.4 Å². The predicted octanol–water partition coefficient (Wildman–Crippen LogP) is 9.37. The first-order valence-corrected chi connectivity index (χ1v) is 17.1. The molecule has 0 amide bonds. The summed E-state index contributed by atoms with van der Waals surface area (Å²) in [5, 5.41) is 0. The first-order chi connectivity index (χ1) is 21.2. The van der Waals surface area contributed by atoms with Gasteiger partial charge in [0.1, 0.15) is 17.3 Å². The number of carbonyl (C=O) groups is 4. The third-order valence-electron chi connectivity index (χ3n) is 9.86. The number of rotatable bonds is 17. The van der Waals surface area contributed by atoms with Crippen molar-refractivity contribution in [3.8, 4) is 0 Å². The molecular formula is C41H56O4. The van der Waals surface area contributed by atoms with Gasteiger partial charge in [0, 0.05) is 49.4 Å². The molecule has 3 rings (SSSR count). The van der Waals surface area contributed by atoms with E-state index in [9.17, 15) is 19.2 Å². The van der Waals surface area contributed by atoms with E-state index in [0.717, 1.165) is 30.4 Å². The Bertz CT molecular complexity index is 1330. The summed E-state index contributed by atoms with van der Waals surface area (Å²) < 4.78 is 0. The van der Waals surface area contributed by atoms with Crippen molar-refractivity contribution in [3.05, 3.63) is 82.9 Å². The summed E-state index contributed by atoms with van der Waals surface area (Å²) in [5.41, 5.74) is 4.59. The lowest BCUT2D eigenvalue weighted by molar-refractivity contribution is -0.134. The minimum atomic E-state index is -0.671. The maximum Gasteiger partial charge on any atom is 0.164 e. The van der Waals surface area contributed by atoms with Crippen LogP contribution in [0.25, 0.3) is 0 Å². The van der Waals surface area contributed by atoms with Crippen molar-refractivity contribution >= 4 is 23.1 Å². The van der Waals surface area contributed by atoms with E-state index in [1.165, 1.54) is 11.1 Å². The van der Waals surface area contributed by atoms with Crippen molar-refractivity contribution in [1.29, 1.82) is 0 Å². The Morgan fingerprint density at radius 2 is 1.56 bits per heavy atom. The van der Waals surface area contributed by atoms with Crippen molar-refractivity contribution in [3.63, 3.8) is 0 Å². The molecule has 1 fully saturated rings. The van der Waals surface area contributed by atoms with Gasteiger partial charge in [-0.2, -0.15) is 0 Å². The van der Waals surface area contributed by atoms with E-state index < -0.39 is 5.41 Å². The van der Waals surface area contributed by atoms with Gasteiger partial charge >= 0.3 is 0 Å². The van der Waals surface area contributed by atoms with Crippen LogP contribution in [-0.4, -0.2) is 23.1 Å². The Kier molecular flexibility index (Phi) is 13.3. The molecule has 1 unspecified atom stereocenters. The molecule has 1 saturated carbocycles. The molecule has 45 heavy (non-hydrogen) atoms. The predicted molar refractivity (Wildman–Crippen MR) is 184 cm³/mol. The van der Waals surface area contributed by atoms with Crippen LogP contribution in [0.4, 0.5) is 0 Å². The lowest BCUT2D eigenvalue weighted by Gasteiger charge is -2.39. The van der Waals surface area contributed by atoms with Gasteiger partial charge in [-0.1, -0.05) is 89.7 Å². The molecule has 0 spiro atoms. The molecule has 0 aromatic heterocycles. The van der Waals surface area contributed by atoms with Gasteiger partial charge in [-0.25, -0.2) is 0 Å². The third kappa shape index (κ3) is 11.0. The second-order valence-corrected chi connectivity index (χ2v) is 14.9. The van der Waals surface area contributed by atoms with Crippen LogP contribution in [0, 0.1) is 29.6 Å². The van der Waals surface area contributed by atoms with Crippen molar-refractivity contribution in [2.75, 3.05) is 0 Å². The van der Waals surface area contributed by atoms with Gasteiger partial charge < -0.3 is 0 Å². The molecule has 2 aromatic carbocycles. The number of ketones is 4. The average Bonchev–Trinajstić information content (AvgIpc) is 3.00. The van der Waals surface area contributed by atoms with Gasteiger partial charge in [0.05, 0.1) is 0 Å². The molecule has 1 aliphatic carbocycles.